The van der Waals surface area contributed by atoms with E-state index in [1.165, 1.54) is 0 Å². The monoisotopic (exact) mass is 268 g/mol. The van der Waals surface area contributed by atoms with Crippen LogP contribution in [-0.2, 0) is 9.84 Å². The second kappa shape index (κ2) is 5.28. The van der Waals surface area contributed by atoms with E-state index in [1.807, 2.05) is 24.3 Å². The van der Waals surface area contributed by atoms with Crippen LogP contribution in [0.15, 0.2) is 24.3 Å². The molecule has 2 N–H and O–H groups in total. The molecule has 0 aromatic heterocycles. The first-order valence-corrected chi connectivity index (χ1v) is 7.99. The molecule has 0 amide bonds. The van der Waals surface area contributed by atoms with Gasteiger partial charge in [0.15, 0.2) is 9.84 Å². The first-order chi connectivity index (χ1) is 8.49. The number of anilines is 1. The molecule has 1 aliphatic heterocycles. The zero-order valence-corrected chi connectivity index (χ0v) is 11.6. The SMILES string of the molecule is CC(C)Nc1ccc(C2CNCCS2(=O)=O)cc1. The highest BCUT2D eigenvalue weighted by Crippen LogP contribution is 2.25. The Kier molecular flexibility index (Phi) is 3.92. The third-order valence-electron chi connectivity index (χ3n) is 3.06. The molecule has 1 aromatic rings. The maximum atomic E-state index is 12.0. The Morgan fingerprint density at radius 2 is 1.94 bits per heavy atom. The molecular weight excluding hydrogens is 248 g/mol. The van der Waals surface area contributed by atoms with E-state index in [9.17, 15) is 8.42 Å². The van der Waals surface area contributed by atoms with Gasteiger partial charge in [0.25, 0.3) is 0 Å². The van der Waals surface area contributed by atoms with Gasteiger partial charge in [0.2, 0.25) is 0 Å². The number of nitrogens with one attached hydrogen (secondary N) is 2. The van der Waals surface area contributed by atoms with Crippen molar-refractivity contribution in [1.29, 1.82) is 0 Å². The Bertz CT molecular complexity index is 494. The number of rotatable bonds is 3. The van der Waals surface area contributed by atoms with E-state index in [0.29, 0.717) is 19.1 Å². The van der Waals surface area contributed by atoms with E-state index in [1.54, 1.807) is 0 Å². The maximum Gasteiger partial charge on any atom is 0.159 e. The predicted octanol–water partition coefficient (Wildman–Crippen LogP) is 1.57. The molecule has 2 rings (SSSR count). The van der Waals surface area contributed by atoms with Gasteiger partial charge < -0.3 is 10.6 Å². The first-order valence-electron chi connectivity index (χ1n) is 6.28. The molecule has 1 aliphatic rings. The Hall–Kier alpha value is -1.07. The molecule has 1 fully saturated rings. The molecule has 1 atom stereocenters. The van der Waals surface area contributed by atoms with E-state index in [0.717, 1.165) is 11.3 Å². The summed E-state index contributed by atoms with van der Waals surface area (Å²) < 4.78 is 24.0. The minimum Gasteiger partial charge on any atom is -0.383 e. The van der Waals surface area contributed by atoms with Crippen molar-refractivity contribution in [3.05, 3.63) is 29.8 Å². The van der Waals surface area contributed by atoms with E-state index in [4.69, 9.17) is 0 Å². The Morgan fingerprint density at radius 3 is 2.50 bits per heavy atom. The van der Waals surface area contributed by atoms with Gasteiger partial charge >= 0.3 is 0 Å². The molecule has 100 valence electrons. The van der Waals surface area contributed by atoms with Crippen LogP contribution in [-0.4, -0.2) is 33.3 Å². The summed E-state index contributed by atoms with van der Waals surface area (Å²) in [5.74, 6) is 0.226. The lowest BCUT2D eigenvalue weighted by Gasteiger charge is -2.23. The van der Waals surface area contributed by atoms with Crippen molar-refractivity contribution in [3.8, 4) is 0 Å². The van der Waals surface area contributed by atoms with Crippen LogP contribution in [0.3, 0.4) is 0 Å². The summed E-state index contributed by atoms with van der Waals surface area (Å²) in [5, 5.41) is 6.03. The highest BCUT2D eigenvalue weighted by atomic mass is 32.2. The third-order valence-corrected chi connectivity index (χ3v) is 5.14. The van der Waals surface area contributed by atoms with Crippen molar-refractivity contribution in [2.24, 2.45) is 0 Å². The van der Waals surface area contributed by atoms with Crippen molar-refractivity contribution < 1.29 is 8.42 Å². The summed E-state index contributed by atoms with van der Waals surface area (Å²) in [6.45, 7) is 5.22. The van der Waals surface area contributed by atoms with E-state index in [2.05, 4.69) is 24.5 Å². The molecule has 0 spiro atoms. The minimum atomic E-state index is -3.00. The van der Waals surface area contributed by atoms with Crippen molar-refractivity contribution in [3.63, 3.8) is 0 Å². The van der Waals surface area contributed by atoms with E-state index in [-0.39, 0.29) is 5.75 Å². The molecule has 1 unspecified atom stereocenters. The van der Waals surface area contributed by atoms with Crippen LogP contribution >= 0.6 is 0 Å². The molecule has 0 aliphatic carbocycles. The van der Waals surface area contributed by atoms with Crippen LogP contribution in [0.4, 0.5) is 5.69 Å². The number of hydrogen-bond acceptors (Lipinski definition) is 4. The average Bonchev–Trinajstić information content (AvgIpc) is 2.29. The smallest absolute Gasteiger partial charge is 0.159 e. The van der Waals surface area contributed by atoms with Gasteiger partial charge in [-0.1, -0.05) is 12.1 Å². The van der Waals surface area contributed by atoms with Gasteiger partial charge in [0.1, 0.15) is 0 Å². The number of sulfone groups is 1. The molecule has 0 radical (unpaired) electrons. The lowest BCUT2D eigenvalue weighted by atomic mass is 10.1. The summed E-state index contributed by atoms with van der Waals surface area (Å²) >= 11 is 0. The van der Waals surface area contributed by atoms with Crippen molar-refractivity contribution in [2.45, 2.75) is 25.1 Å². The molecule has 4 nitrogen and oxygen atoms in total. The summed E-state index contributed by atoms with van der Waals surface area (Å²) in [5.41, 5.74) is 1.89. The number of hydrogen-bond donors (Lipinski definition) is 2. The molecule has 1 saturated heterocycles. The fourth-order valence-corrected chi connectivity index (χ4v) is 3.83. The first kappa shape index (κ1) is 13.4. The van der Waals surface area contributed by atoms with Gasteiger partial charge in [-0.05, 0) is 31.5 Å². The largest absolute Gasteiger partial charge is 0.383 e. The molecule has 5 heteroatoms. The fraction of sp³-hybridized carbons (Fsp3) is 0.538. The summed E-state index contributed by atoms with van der Waals surface area (Å²) in [7, 11) is -3.00. The van der Waals surface area contributed by atoms with Gasteiger partial charge in [-0.25, -0.2) is 8.42 Å². The van der Waals surface area contributed by atoms with Crippen LogP contribution in [0.2, 0.25) is 0 Å². The quantitative estimate of drug-likeness (QED) is 0.873. The zero-order valence-electron chi connectivity index (χ0n) is 10.8. The normalized spacial score (nSPS) is 22.9. The second-order valence-electron chi connectivity index (χ2n) is 4.98. The Labute approximate surface area is 109 Å². The van der Waals surface area contributed by atoms with Crippen LogP contribution < -0.4 is 10.6 Å². The van der Waals surface area contributed by atoms with Gasteiger partial charge in [-0.3, -0.25) is 0 Å². The zero-order chi connectivity index (χ0) is 13.2. The molecule has 1 heterocycles. The average molecular weight is 268 g/mol. The van der Waals surface area contributed by atoms with Gasteiger partial charge in [0, 0.05) is 24.8 Å². The van der Waals surface area contributed by atoms with Crippen LogP contribution in [0.25, 0.3) is 0 Å². The Morgan fingerprint density at radius 1 is 1.28 bits per heavy atom. The van der Waals surface area contributed by atoms with Crippen LogP contribution in [0.1, 0.15) is 24.7 Å². The third kappa shape index (κ3) is 3.03. The van der Waals surface area contributed by atoms with Crippen LogP contribution in [0.5, 0.6) is 0 Å². The van der Waals surface area contributed by atoms with Gasteiger partial charge in [-0.15, -0.1) is 0 Å². The summed E-state index contributed by atoms with van der Waals surface area (Å²) in [4.78, 5) is 0. The Balaban J connectivity index is 2.18. The minimum absolute atomic E-state index is 0.226. The second-order valence-corrected chi connectivity index (χ2v) is 7.28. The standard InChI is InChI=1S/C13H20N2O2S/c1-10(2)15-12-5-3-11(4-6-12)13-9-14-7-8-18(13,16)17/h3-6,10,13-15H,7-9H2,1-2H3. The van der Waals surface area contributed by atoms with E-state index >= 15 is 0 Å². The molecule has 18 heavy (non-hydrogen) atoms. The molecule has 0 saturated carbocycles. The fourth-order valence-electron chi connectivity index (χ4n) is 2.17. The molecular formula is C13H20N2O2S. The topological polar surface area (TPSA) is 58.2 Å². The highest BCUT2D eigenvalue weighted by molar-refractivity contribution is 7.91. The van der Waals surface area contributed by atoms with Gasteiger partial charge in [0.05, 0.1) is 11.0 Å². The van der Waals surface area contributed by atoms with Crippen molar-refractivity contribution in [2.75, 3.05) is 24.2 Å². The van der Waals surface area contributed by atoms with Crippen molar-refractivity contribution >= 4 is 15.5 Å². The summed E-state index contributed by atoms with van der Waals surface area (Å²) in [6, 6.07) is 8.06. The van der Waals surface area contributed by atoms with E-state index < -0.39 is 15.1 Å². The molecule has 1 aromatic carbocycles. The lowest BCUT2D eigenvalue weighted by Crippen LogP contribution is -2.38. The van der Waals surface area contributed by atoms with Crippen molar-refractivity contribution in [1.82, 2.24) is 5.32 Å². The maximum absolute atomic E-state index is 12.0. The molecule has 0 bridgehead atoms. The highest BCUT2D eigenvalue weighted by Gasteiger charge is 2.29. The number of benzene rings is 1. The predicted molar refractivity (Wildman–Crippen MR) is 74.6 cm³/mol. The van der Waals surface area contributed by atoms with Crippen LogP contribution in [0, 0.1) is 0 Å². The summed E-state index contributed by atoms with van der Waals surface area (Å²) in [6.07, 6.45) is 0. The lowest BCUT2D eigenvalue weighted by molar-refractivity contribution is 0.551. The van der Waals surface area contributed by atoms with Gasteiger partial charge in [-0.2, -0.15) is 0 Å².